The number of anilines is 2. The summed E-state index contributed by atoms with van der Waals surface area (Å²) in [5, 5.41) is 27.9. The van der Waals surface area contributed by atoms with Gasteiger partial charge in [0.2, 0.25) is 5.95 Å². The number of rotatable bonds is 7. The number of hydrogen-bond donors (Lipinski definition) is 3. The zero-order valence-corrected chi connectivity index (χ0v) is 17.3. The van der Waals surface area contributed by atoms with Crippen LogP contribution in [0.25, 0.3) is 11.1 Å². The summed E-state index contributed by atoms with van der Waals surface area (Å²) in [4.78, 5) is 7.82. The molecule has 30 heavy (non-hydrogen) atoms. The molecule has 1 aromatic carbocycles. The van der Waals surface area contributed by atoms with Crippen molar-refractivity contribution in [2.75, 3.05) is 5.32 Å². The summed E-state index contributed by atoms with van der Waals surface area (Å²) in [6.45, 7) is 6.66. The number of nitrogens with zero attached hydrogens (tertiary/aromatic N) is 4. The summed E-state index contributed by atoms with van der Waals surface area (Å²) in [5.41, 5.74) is 0.214. The Balaban J connectivity index is 1.84. The van der Waals surface area contributed by atoms with Gasteiger partial charge in [0, 0.05) is 23.6 Å². The third-order valence-electron chi connectivity index (χ3n) is 4.99. The van der Waals surface area contributed by atoms with Crippen LogP contribution in [0.5, 0.6) is 0 Å². The average molecular weight is 417 g/mol. The minimum absolute atomic E-state index is 0.0845. The van der Waals surface area contributed by atoms with Crippen molar-refractivity contribution in [1.82, 2.24) is 19.7 Å². The van der Waals surface area contributed by atoms with Gasteiger partial charge in [-0.15, -0.1) is 0 Å². The fourth-order valence-electron chi connectivity index (χ4n) is 2.81. The van der Waals surface area contributed by atoms with Gasteiger partial charge >= 0.3 is 0 Å². The zero-order chi connectivity index (χ0) is 22.1. The molecule has 0 aliphatic heterocycles. The van der Waals surface area contributed by atoms with Crippen molar-refractivity contribution in [3.05, 3.63) is 54.1 Å². The second-order valence-electron chi connectivity index (χ2n) is 8.08. The number of hydrogen-bond acceptors (Lipinski definition) is 6. The van der Waals surface area contributed by atoms with Crippen LogP contribution in [0.1, 0.15) is 38.5 Å². The number of aliphatic hydroxyl groups is 2. The van der Waals surface area contributed by atoms with E-state index in [-0.39, 0.29) is 18.2 Å². The summed E-state index contributed by atoms with van der Waals surface area (Å²) >= 11 is 0. The fourth-order valence-corrected chi connectivity index (χ4v) is 2.81. The van der Waals surface area contributed by atoms with Crippen molar-refractivity contribution in [2.45, 2.75) is 51.9 Å². The molecule has 0 bridgehead atoms. The van der Waals surface area contributed by atoms with Gasteiger partial charge in [0.25, 0.3) is 6.43 Å². The quantitative estimate of drug-likeness (QED) is 0.540. The number of aryl methyl sites for hydroxylation is 1. The van der Waals surface area contributed by atoms with Crippen molar-refractivity contribution < 1.29 is 19.0 Å². The summed E-state index contributed by atoms with van der Waals surface area (Å²) in [6, 6.07) is 6.82. The molecule has 1 unspecified atom stereocenters. The fraction of sp³-hybridized carbons (Fsp3) is 0.381. The molecule has 3 rings (SSSR count). The Bertz CT molecular complexity index is 1030. The molecular weight excluding hydrogens is 392 g/mol. The molecule has 0 saturated carbocycles. The first-order valence-corrected chi connectivity index (χ1v) is 9.42. The van der Waals surface area contributed by atoms with Gasteiger partial charge in [-0.2, -0.15) is 5.10 Å². The second kappa shape index (κ2) is 8.08. The van der Waals surface area contributed by atoms with Crippen molar-refractivity contribution in [3.8, 4) is 11.1 Å². The van der Waals surface area contributed by atoms with E-state index in [0.29, 0.717) is 5.69 Å². The highest BCUT2D eigenvalue weighted by molar-refractivity contribution is 5.70. The van der Waals surface area contributed by atoms with E-state index in [4.69, 9.17) is 0 Å². The highest BCUT2D eigenvalue weighted by Crippen LogP contribution is 2.28. The normalized spacial score (nSPS) is 14.0. The van der Waals surface area contributed by atoms with Crippen molar-refractivity contribution in [2.24, 2.45) is 0 Å². The minimum Gasteiger partial charge on any atom is -0.387 e. The van der Waals surface area contributed by atoms with Crippen molar-refractivity contribution in [1.29, 1.82) is 0 Å². The van der Waals surface area contributed by atoms with Gasteiger partial charge < -0.3 is 15.5 Å². The van der Waals surface area contributed by atoms with Crippen LogP contribution in [0.15, 0.2) is 42.9 Å². The number of halogens is 2. The Kier molecular flexibility index (Phi) is 5.87. The zero-order valence-electron chi connectivity index (χ0n) is 17.3. The smallest absolute Gasteiger partial charge is 0.280 e. The van der Waals surface area contributed by atoms with E-state index in [1.165, 1.54) is 12.3 Å². The molecule has 2 heterocycles. The molecule has 0 aliphatic carbocycles. The number of aromatic nitrogens is 4. The maximum absolute atomic E-state index is 12.9. The molecule has 2 aromatic heterocycles. The second-order valence-corrected chi connectivity index (χ2v) is 8.08. The highest BCUT2D eigenvalue weighted by Gasteiger charge is 2.38. The lowest BCUT2D eigenvalue weighted by atomic mass is 9.88. The average Bonchev–Trinajstić information content (AvgIpc) is 3.08. The predicted molar refractivity (Wildman–Crippen MR) is 110 cm³/mol. The minimum atomic E-state index is -2.67. The number of benzene rings is 1. The first-order valence-electron chi connectivity index (χ1n) is 9.42. The van der Waals surface area contributed by atoms with Crippen LogP contribution in [0.4, 0.5) is 20.4 Å². The lowest BCUT2D eigenvalue weighted by Crippen LogP contribution is -2.50. The molecule has 0 aliphatic rings. The van der Waals surface area contributed by atoms with Crippen LogP contribution in [0.2, 0.25) is 0 Å². The maximum atomic E-state index is 12.9. The van der Waals surface area contributed by atoms with Gasteiger partial charge in [-0.25, -0.2) is 18.7 Å². The molecule has 0 saturated heterocycles. The summed E-state index contributed by atoms with van der Waals surface area (Å²) < 4.78 is 27.3. The lowest BCUT2D eigenvalue weighted by Gasteiger charge is -2.35. The third-order valence-corrected chi connectivity index (χ3v) is 4.99. The van der Waals surface area contributed by atoms with Crippen LogP contribution in [-0.4, -0.2) is 41.2 Å². The molecule has 3 N–H and O–H groups in total. The molecule has 1 atom stereocenters. The Morgan fingerprint density at radius 2 is 1.87 bits per heavy atom. The largest absolute Gasteiger partial charge is 0.387 e. The summed E-state index contributed by atoms with van der Waals surface area (Å²) in [6.07, 6.45) is 2.04. The maximum Gasteiger partial charge on any atom is 0.280 e. The molecule has 0 fully saturated rings. The number of alkyl halides is 2. The molecule has 3 aromatic rings. The molecule has 0 spiro atoms. The van der Waals surface area contributed by atoms with Gasteiger partial charge in [-0.1, -0.05) is 6.07 Å². The van der Waals surface area contributed by atoms with Crippen molar-refractivity contribution >= 4 is 11.6 Å². The Labute approximate surface area is 173 Å². The first kappa shape index (κ1) is 21.8. The van der Waals surface area contributed by atoms with Gasteiger partial charge in [0.15, 0.2) is 0 Å². The summed E-state index contributed by atoms with van der Waals surface area (Å²) in [5.74, 6) is 0.0845. The lowest BCUT2D eigenvalue weighted by molar-refractivity contribution is -0.129. The third kappa shape index (κ3) is 4.98. The SMILES string of the molecule is Cc1cc(Nc2nccc(C(F)F)n2)cc(-c2cnn(CC(C)(O)C(C)(C)O)c2)c1. The van der Waals surface area contributed by atoms with E-state index < -0.39 is 17.6 Å². The van der Waals surface area contributed by atoms with E-state index in [1.54, 1.807) is 37.8 Å². The Morgan fingerprint density at radius 1 is 1.13 bits per heavy atom. The van der Waals surface area contributed by atoms with E-state index in [1.807, 2.05) is 25.1 Å². The van der Waals surface area contributed by atoms with Crippen LogP contribution in [-0.2, 0) is 6.54 Å². The Morgan fingerprint density at radius 3 is 2.53 bits per heavy atom. The molecule has 0 radical (unpaired) electrons. The molecular formula is C21H25F2N5O2. The molecule has 0 amide bonds. The topological polar surface area (TPSA) is 96.1 Å². The first-order chi connectivity index (χ1) is 13.9. The van der Waals surface area contributed by atoms with Gasteiger partial charge in [-0.05, 0) is 57.0 Å². The molecule has 7 nitrogen and oxygen atoms in total. The Hall–Kier alpha value is -2.91. The molecule has 160 valence electrons. The van der Waals surface area contributed by atoms with E-state index >= 15 is 0 Å². The van der Waals surface area contributed by atoms with Gasteiger partial charge in [0.1, 0.15) is 11.3 Å². The van der Waals surface area contributed by atoms with E-state index in [9.17, 15) is 19.0 Å². The van der Waals surface area contributed by atoms with Crippen LogP contribution in [0, 0.1) is 6.92 Å². The van der Waals surface area contributed by atoms with Crippen molar-refractivity contribution in [3.63, 3.8) is 0 Å². The van der Waals surface area contributed by atoms with Gasteiger partial charge in [0.05, 0.1) is 18.3 Å². The predicted octanol–water partition coefficient (Wildman–Crippen LogP) is 3.85. The van der Waals surface area contributed by atoms with Gasteiger partial charge in [-0.3, -0.25) is 4.68 Å². The number of nitrogens with one attached hydrogen (secondary N) is 1. The molecule has 9 heteroatoms. The van der Waals surface area contributed by atoms with Crippen LogP contribution >= 0.6 is 0 Å². The van der Waals surface area contributed by atoms with Crippen LogP contribution < -0.4 is 5.32 Å². The monoisotopic (exact) mass is 417 g/mol. The highest BCUT2D eigenvalue weighted by atomic mass is 19.3. The summed E-state index contributed by atoms with van der Waals surface area (Å²) in [7, 11) is 0. The van der Waals surface area contributed by atoms with Crippen LogP contribution in [0.3, 0.4) is 0 Å². The van der Waals surface area contributed by atoms with E-state index in [0.717, 1.165) is 16.7 Å². The van der Waals surface area contributed by atoms with E-state index in [2.05, 4.69) is 20.4 Å². The standard InChI is InChI=1S/C21H25F2N5O2/c1-13-7-14(15-10-25-28(11-15)12-21(4,30)20(2,3)29)9-16(8-13)26-19-24-6-5-17(27-19)18(22)23/h5-11,18,29-30H,12H2,1-4H3,(H,24,26,27).